The predicted molar refractivity (Wildman–Crippen MR) is 79.1 cm³/mol. The quantitative estimate of drug-likeness (QED) is 0.832. The van der Waals surface area contributed by atoms with Crippen molar-refractivity contribution in [2.75, 3.05) is 11.5 Å². The number of hydrogen-bond acceptors (Lipinski definition) is 3. The highest BCUT2D eigenvalue weighted by molar-refractivity contribution is 9.10. The number of aromatic nitrogens is 2. The lowest BCUT2D eigenvalue weighted by Gasteiger charge is -2.09. The fourth-order valence-electron chi connectivity index (χ4n) is 2.28. The number of ketones is 1. The third-order valence-corrected chi connectivity index (χ3v) is 5.50. The monoisotopic (exact) mass is 330 g/mol. The smallest absolute Gasteiger partial charge is 0.142 e. The summed E-state index contributed by atoms with van der Waals surface area (Å²) in [5, 5.41) is 4.54. The minimum Gasteiger partial charge on any atom is -0.299 e. The van der Waals surface area contributed by atoms with Gasteiger partial charge in [0, 0.05) is 24.6 Å². The fraction of sp³-hybridized carbons (Fsp3) is 0.692. The van der Waals surface area contributed by atoms with Crippen LogP contribution in [0.4, 0.5) is 0 Å². The fourth-order valence-corrected chi connectivity index (χ4v) is 4.24. The van der Waals surface area contributed by atoms with E-state index < -0.39 is 0 Å². The molecule has 1 fully saturated rings. The Labute approximate surface area is 121 Å². The molecule has 1 saturated heterocycles. The zero-order chi connectivity index (χ0) is 13.1. The van der Waals surface area contributed by atoms with E-state index in [1.807, 2.05) is 16.4 Å². The Morgan fingerprint density at radius 2 is 2.33 bits per heavy atom. The molecule has 1 aliphatic heterocycles. The van der Waals surface area contributed by atoms with Gasteiger partial charge in [-0.05, 0) is 41.4 Å². The Bertz CT molecular complexity index is 438. The van der Waals surface area contributed by atoms with E-state index in [1.54, 1.807) is 0 Å². The van der Waals surface area contributed by atoms with Crippen LogP contribution in [0.2, 0.25) is 0 Å². The Morgan fingerprint density at radius 3 is 2.89 bits per heavy atom. The van der Waals surface area contributed by atoms with E-state index in [0.29, 0.717) is 12.2 Å². The summed E-state index contributed by atoms with van der Waals surface area (Å²) >= 11 is 5.49. The topological polar surface area (TPSA) is 34.9 Å². The van der Waals surface area contributed by atoms with Crippen LogP contribution in [0.1, 0.15) is 31.7 Å². The first-order chi connectivity index (χ1) is 8.67. The molecule has 0 amide bonds. The highest BCUT2D eigenvalue weighted by Crippen LogP contribution is 2.28. The molecule has 2 rings (SSSR count). The van der Waals surface area contributed by atoms with E-state index in [2.05, 4.69) is 34.9 Å². The summed E-state index contributed by atoms with van der Waals surface area (Å²) < 4.78 is 2.99. The lowest BCUT2D eigenvalue weighted by atomic mass is 9.99. The van der Waals surface area contributed by atoms with Crippen molar-refractivity contribution in [3.8, 4) is 0 Å². The molecule has 0 aromatic carbocycles. The van der Waals surface area contributed by atoms with Crippen LogP contribution < -0.4 is 0 Å². The molecule has 0 N–H and O–H groups in total. The van der Waals surface area contributed by atoms with E-state index in [9.17, 15) is 4.79 Å². The molecule has 0 spiro atoms. The lowest BCUT2D eigenvalue weighted by Crippen LogP contribution is -2.18. The maximum absolute atomic E-state index is 12.3. The number of hydrogen-bond donors (Lipinski definition) is 0. The van der Waals surface area contributed by atoms with Gasteiger partial charge in [-0.3, -0.25) is 9.48 Å². The van der Waals surface area contributed by atoms with Crippen molar-refractivity contribution in [3.05, 3.63) is 15.9 Å². The molecule has 1 aromatic heterocycles. The average molecular weight is 331 g/mol. The Hall–Kier alpha value is -0.290. The molecular formula is C13H19BrN2OS. The highest BCUT2D eigenvalue weighted by Gasteiger charge is 2.25. The second kappa shape index (κ2) is 6.24. The third kappa shape index (κ3) is 2.82. The van der Waals surface area contributed by atoms with Crippen LogP contribution in [0.3, 0.4) is 0 Å². The van der Waals surface area contributed by atoms with Crippen LogP contribution >= 0.6 is 27.7 Å². The summed E-state index contributed by atoms with van der Waals surface area (Å²) in [5.41, 5.74) is 2.11. The molecular weight excluding hydrogens is 312 g/mol. The number of carbonyl (C=O) groups is 1. The van der Waals surface area contributed by atoms with Crippen molar-refractivity contribution < 1.29 is 4.79 Å². The van der Waals surface area contributed by atoms with E-state index in [0.717, 1.165) is 46.8 Å². The van der Waals surface area contributed by atoms with Crippen LogP contribution in [0.5, 0.6) is 0 Å². The molecule has 100 valence electrons. The summed E-state index contributed by atoms with van der Waals surface area (Å²) in [7, 11) is 0. The van der Waals surface area contributed by atoms with Gasteiger partial charge in [0.05, 0.1) is 15.9 Å². The second-order valence-electron chi connectivity index (χ2n) is 4.58. The van der Waals surface area contributed by atoms with Gasteiger partial charge in [-0.2, -0.15) is 16.9 Å². The molecule has 18 heavy (non-hydrogen) atoms. The van der Waals surface area contributed by atoms with Crippen LogP contribution in [-0.2, 0) is 24.2 Å². The summed E-state index contributed by atoms with van der Waals surface area (Å²) in [6.07, 6.45) is 2.46. The molecule has 1 atom stereocenters. The van der Waals surface area contributed by atoms with Gasteiger partial charge in [0.1, 0.15) is 5.78 Å². The summed E-state index contributed by atoms with van der Waals surface area (Å²) in [4.78, 5) is 12.3. The second-order valence-corrected chi connectivity index (χ2v) is 6.52. The first-order valence-corrected chi connectivity index (χ1v) is 8.46. The van der Waals surface area contributed by atoms with E-state index in [4.69, 9.17) is 0 Å². The Morgan fingerprint density at radius 1 is 1.56 bits per heavy atom. The van der Waals surface area contributed by atoms with E-state index in [-0.39, 0.29) is 5.92 Å². The number of nitrogens with zero attached hydrogens (tertiary/aromatic N) is 2. The standard InChI is InChI=1S/C13H19BrN2OS/c1-3-10-13(14)11(16(4-2)15-10)7-12(17)9-5-6-18-8-9/h9H,3-8H2,1-2H3. The zero-order valence-corrected chi connectivity index (χ0v) is 13.3. The van der Waals surface area contributed by atoms with E-state index in [1.165, 1.54) is 0 Å². The molecule has 2 heterocycles. The number of Topliss-reactive ketones (excluding diaryl/α,β-unsaturated/α-hetero) is 1. The molecule has 0 saturated carbocycles. The van der Waals surface area contributed by atoms with Crippen LogP contribution in [-0.4, -0.2) is 27.1 Å². The van der Waals surface area contributed by atoms with Crippen LogP contribution in [0.25, 0.3) is 0 Å². The number of carbonyl (C=O) groups excluding carboxylic acids is 1. The number of rotatable bonds is 5. The predicted octanol–water partition coefficient (Wildman–Crippen LogP) is 3.09. The SMILES string of the molecule is CCc1nn(CC)c(CC(=O)C2CCSC2)c1Br. The van der Waals surface area contributed by atoms with Gasteiger partial charge in [0.2, 0.25) is 0 Å². The Kier molecular flexibility index (Phi) is 4.90. The first kappa shape index (κ1) is 14.1. The van der Waals surface area contributed by atoms with Gasteiger partial charge < -0.3 is 0 Å². The van der Waals surface area contributed by atoms with Crippen LogP contribution in [0, 0.1) is 5.92 Å². The molecule has 5 heteroatoms. The molecule has 1 aromatic rings. The molecule has 1 unspecified atom stereocenters. The van der Waals surface area contributed by atoms with Gasteiger partial charge in [-0.1, -0.05) is 6.92 Å². The van der Waals surface area contributed by atoms with E-state index >= 15 is 0 Å². The summed E-state index contributed by atoms with van der Waals surface area (Å²) in [6, 6.07) is 0. The molecule has 0 bridgehead atoms. The van der Waals surface area contributed by atoms with Crippen molar-refractivity contribution in [1.29, 1.82) is 0 Å². The first-order valence-electron chi connectivity index (χ1n) is 6.51. The maximum atomic E-state index is 12.3. The summed E-state index contributed by atoms with van der Waals surface area (Å²) in [5.74, 6) is 2.76. The van der Waals surface area contributed by atoms with Gasteiger partial charge >= 0.3 is 0 Å². The number of halogens is 1. The molecule has 0 radical (unpaired) electrons. The zero-order valence-electron chi connectivity index (χ0n) is 10.9. The third-order valence-electron chi connectivity index (χ3n) is 3.42. The van der Waals surface area contributed by atoms with Gasteiger partial charge in [0.25, 0.3) is 0 Å². The minimum absolute atomic E-state index is 0.257. The highest BCUT2D eigenvalue weighted by atomic mass is 79.9. The average Bonchev–Trinajstić information content (AvgIpc) is 2.99. The van der Waals surface area contributed by atoms with Crippen molar-refractivity contribution in [3.63, 3.8) is 0 Å². The lowest BCUT2D eigenvalue weighted by molar-refractivity contribution is -0.121. The number of thioether (sulfide) groups is 1. The molecule has 3 nitrogen and oxygen atoms in total. The van der Waals surface area contributed by atoms with Gasteiger partial charge in [-0.25, -0.2) is 0 Å². The van der Waals surface area contributed by atoms with Crippen molar-refractivity contribution in [2.24, 2.45) is 5.92 Å². The largest absolute Gasteiger partial charge is 0.299 e. The van der Waals surface area contributed by atoms with Crippen molar-refractivity contribution in [1.82, 2.24) is 9.78 Å². The maximum Gasteiger partial charge on any atom is 0.142 e. The molecule has 0 aliphatic carbocycles. The van der Waals surface area contributed by atoms with Crippen molar-refractivity contribution >= 4 is 33.5 Å². The van der Waals surface area contributed by atoms with Gasteiger partial charge in [0.15, 0.2) is 0 Å². The number of aryl methyl sites for hydroxylation is 2. The minimum atomic E-state index is 0.257. The van der Waals surface area contributed by atoms with Gasteiger partial charge in [-0.15, -0.1) is 0 Å². The van der Waals surface area contributed by atoms with Crippen LogP contribution in [0.15, 0.2) is 4.47 Å². The molecule has 1 aliphatic rings. The Balaban J connectivity index is 2.16. The summed E-state index contributed by atoms with van der Waals surface area (Å²) in [6.45, 7) is 4.98. The van der Waals surface area contributed by atoms with Crippen molar-refractivity contribution in [2.45, 2.75) is 39.7 Å². The normalized spacial score (nSPS) is 19.4.